The number of carbonyl (C=O) groups is 1. The maximum Gasteiger partial charge on any atom is 0.432 e. The van der Waals surface area contributed by atoms with Crippen LogP contribution in [0.1, 0.15) is 18.4 Å². The molecule has 1 aliphatic rings. The zero-order valence-corrected chi connectivity index (χ0v) is 16.9. The minimum Gasteiger partial charge on any atom is -0.497 e. The molecule has 29 heavy (non-hydrogen) atoms. The predicted molar refractivity (Wildman–Crippen MR) is 105 cm³/mol. The first-order chi connectivity index (χ1) is 13.9. The fourth-order valence-corrected chi connectivity index (χ4v) is 5.31. The number of hydrogen-bond acceptors (Lipinski definition) is 7. The highest BCUT2D eigenvalue weighted by Crippen LogP contribution is 2.37. The number of hydrogen-bond donors (Lipinski definition) is 2. The molecule has 0 spiro atoms. The highest BCUT2D eigenvalue weighted by Gasteiger charge is 2.50. The summed E-state index contributed by atoms with van der Waals surface area (Å²) in [5, 5.41) is 8.88. The second-order valence-corrected chi connectivity index (χ2v) is 9.08. The van der Waals surface area contributed by atoms with Crippen molar-refractivity contribution in [2.75, 3.05) is 20.2 Å². The third kappa shape index (κ3) is 4.52. The van der Waals surface area contributed by atoms with Gasteiger partial charge in [-0.25, -0.2) is 18.7 Å². The van der Waals surface area contributed by atoms with Gasteiger partial charge in [-0.3, -0.25) is 10.1 Å². The van der Waals surface area contributed by atoms with E-state index in [4.69, 9.17) is 14.7 Å². The van der Waals surface area contributed by atoms with E-state index in [9.17, 15) is 13.2 Å². The van der Waals surface area contributed by atoms with Crippen LogP contribution in [0.5, 0.6) is 5.75 Å². The average molecular weight is 420 g/mol. The van der Waals surface area contributed by atoms with Gasteiger partial charge in [0.25, 0.3) is 0 Å². The molecule has 1 aliphatic heterocycles. The zero-order chi connectivity index (χ0) is 20.9. The van der Waals surface area contributed by atoms with E-state index in [1.165, 1.54) is 36.9 Å². The summed E-state index contributed by atoms with van der Waals surface area (Å²) in [7, 11) is -2.54. The number of benzene rings is 2. The smallest absolute Gasteiger partial charge is 0.432 e. The van der Waals surface area contributed by atoms with E-state index in [2.05, 4.69) is 4.90 Å². The molecule has 1 saturated heterocycles. The molecule has 2 N–H and O–H groups in total. The molecule has 0 atom stereocenters. The zero-order valence-electron chi connectivity index (χ0n) is 16.1. The van der Waals surface area contributed by atoms with Crippen molar-refractivity contribution in [1.82, 2.24) is 10.4 Å². The van der Waals surface area contributed by atoms with Gasteiger partial charge >= 0.3 is 6.09 Å². The van der Waals surface area contributed by atoms with Crippen LogP contribution in [-0.4, -0.2) is 49.8 Å². The lowest BCUT2D eigenvalue weighted by Crippen LogP contribution is -2.52. The predicted octanol–water partition coefficient (Wildman–Crippen LogP) is 2.58. The Labute approximate surface area is 169 Å². The molecule has 3 rings (SSSR count). The van der Waals surface area contributed by atoms with Crippen molar-refractivity contribution in [2.24, 2.45) is 0 Å². The minimum absolute atomic E-state index is 0.0283. The first-order valence-electron chi connectivity index (χ1n) is 9.18. The normalized spacial score (nSPS) is 16.8. The maximum atomic E-state index is 13.4. The van der Waals surface area contributed by atoms with Gasteiger partial charge in [-0.1, -0.05) is 30.3 Å². The third-order valence-corrected chi connectivity index (χ3v) is 7.46. The first-order valence-corrected chi connectivity index (χ1v) is 10.7. The van der Waals surface area contributed by atoms with Crippen LogP contribution in [0.4, 0.5) is 4.79 Å². The van der Waals surface area contributed by atoms with Crippen LogP contribution in [0, 0.1) is 0 Å². The molecule has 0 aromatic heterocycles. The highest BCUT2D eigenvalue weighted by atomic mass is 32.2. The van der Waals surface area contributed by atoms with E-state index < -0.39 is 20.9 Å². The van der Waals surface area contributed by atoms with E-state index in [0.717, 1.165) is 5.56 Å². The molecule has 156 valence electrons. The van der Waals surface area contributed by atoms with Crippen molar-refractivity contribution in [1.29, 1.82) is 0 Å². The summed E-state index contributed by atoms with van der Waals surface area (Å²) in [5.41, 5.74) is 2.49. The van der Waals surface area contributed by atoms with Crippen LogP contribution in [0.2, 0.25) is 0 Å². The molecule has 0 bridgehead atoms. The Hall–Kier alpha value is -2.62. The molecule has 1 amide bonds. The lowest BCUT2D eigenvalue weighted by atomic mass is 10.1. The van der Waals surface area contributed by atoms with E-state index in [1.807, 2.05) is 30.3 Å². The number of nitrogens with zero attached hydrogens (tertiary/aromatic N) is 1. The molecular weight excluding hydrogens is 396 g/mol. The Bertz CT molecular complexity index is 923. The van der Waals surface area contributed by atoms with Gasteiger partial charge in [0.2, 0.25) is 14.8 Å². The van der Waals surface area contributed by atoms with Crippen molar-refractivity contribution in [2.45, 2.75) is 29.2 Å². The maximum absolute atomic E-state index is 13.4. The number of amides is 1. The Morgan fingerprint density at radius 2 is 1.72 bits per heavy atom. The quantitative estimate of drug-likeness (QED) is 0.547. The second kappa shape index (κ2) is 8.81. The number of piperidine rings is 1. The molecule has 0 radical (unpaired) electrons. The Morgan fingerprint density at radius 1 is 1.10 bits per heavy atom. The number of ether oxygens (including phenoxy) is 2. The van der Waals surface area contributed by atoms with Crippen LogP contribution in [0.15, 0.2) is 59.5 Å². The minimum atomic E-state index is -4.03. The molecule has 1 fully saturated rings. The van der Waals surface area contributed by atoms with Gasteiger partial charge in [0, 0.05) is 32.5 Å². The van der Waals surface area contributed by atoms with Crippen LogP contribution in [0.3, 0.4) is 0 Å². The Kier molecular flexibility index (Phi) is 6.41. The van der Waals surface area contributed by atoms with Gasteiger partial charge in [0.05, 0.1) is 12.0 Å². The molecular formula is C20H24N2O6S. The molecule has 0 saturated carbocycles. The largest absolute Gasteiger partial charge is 0.497 e. The van der Waals surface area contributed by atoms with E-state index in [-0.39, 0.29) is 17.7 Å². The third-order valence-electron chi connectivity index (χ3n) is 5.10. The molecule has 9 heteroatoms. The number of nitrogens with one attached hydrogen (secondary N) is 1. The SMILES string of the molecule is COc1ccc(S(=O)(=O)C2(OC(=O)NO)CCN(Cc3ccccc3)CC2)cc1. The first kappa shape index (κ1) is 21.1. The summed E-state index contributed by atoms with van der Waals surface area (Å²) < 4.78 is 37.1. The second-order valence-electron chi connectivity index (χ2n) is 6.85. The van der Waals surface area contributed by atoms with E-state index in [1.54, 1.807) is 0 Å². The van der Waals surface area contributed by atoms with Gasteiger partial charge in [0.1, 0.15) is 5.75 Å². The lowest BCUT2D eigenvalue weighted by Gasteiger charge is -2.40. The van der Waals surface area contributed by atoms with Gasteiger partial charge in [-0.2, -0.15) is 0 Å². The van der Waals surface area contributed by atoms with Crippen LogP contribution in [-0.2, 0) is 21.1 Å². The molecule has 2 aromatic rings. The van der Waals surface area contributed by atoms with Gasteiger partial charge in [-0.15, -0.1) is 0 Å². The summed E-state index contributed by atoms with van der Waals surface area (Å²) in [6.07, 6.45) is -1.03. The summed E-state index contributed by atoms with van der Waals surface area (Å²) >= 11 is 0. The number of sulfone groups is 1. The topological polar surface area (TPSA) is 105 Å². The fraction of sp³-hybridized carbons (Fsp3) is 0.350. The Balaban J connectivity index is 1.84. The monoisotopic (exact) mass is 420 g/mol. The van der Waals surface area contributed by atoms with Crippen LogP contribution >= 0.6 is 0 Å². The number of rotatable bonds is 6. The summed E-state index contributed by atoms with van der Waals surface area (Å²) in [6, 6.07) is 15.8. The number of carbonyl (C=O) groups excluding carboxylic acids is 1. The van der Waals surface area contributed by atoms with Crippen molar-refractivity contribution in [3.8, 4) is 5.75 Å². The summed E-state index contributed by atoms with van der Waals surface area (Å²) in [5.74, 6) is 0.518. The Morgan fingerprint density at radius 3 is 2.28 bits per heavy atom. The molecule has 8 nitrogen and oxygen atoms in total. The number of methoxy groups -OCH3 is 1. The van der Waals surface area contributed by atoms with Gasteiger partial charge < -0.3 is 9.47 Å². The number of hydroxylamine groups is 1. The van der Waals surface area contributed by atoms with Crippen molar-refractivity contribution >= 4 is 15.9 Å². The van der Waals surface area contributed by atoms with Crippen molar-refractivity contribution in [3.05, 3.63) is 60.2 Å². The molecule has 2 aromatic carbocycles. The van der Waals surface area contributed by atoms with Crippen molar-refractivity contribution in [3.63, 3.8) is 0 Å². The lowest BCUT2D eigenvalue weighted by molar-refractivity contribution is 0.000288. The summed E-state index contributed by atoms with van der Waals surface area (Å²) in [4.78, 5) is 12.1. The highest BCUT2D eigenvalue weighted by molar-refractivity contribution is 7.92. The molecule has 0 unspecified atom stereocenters. The van der Waals surface area contributed by atoms with Crippen LogP contribution < -0.4 is 10.2 Å². The van der Waals surface area contributed by atoms with Crippen LogP contribution in [0.25, 0.3) is 0 Å². The van der Waals surface area contributed by atoms with Gasteiger partial charge in [0.15, 0.2) is 0 Å². The number of likely N-dealkylation sites (tertiary alicyclic amines) is 1. The van der Waals surface area contributed by atoms with E-state index >= 15 is 0 Å². The average Bonchev–Trinajstić information content (AvgIpc) is 2.75. The van der Waals surface area contributed by atoms with Gasteiger partial charge in [-0.05, 0) is 29.8 Å². The van der Waals surface area contributed by atoms with E-state index in [0.29, 0.717) is 25.4 Å². The molecule has 0 aliphatic carbocycles. The van der Waals surface area contributed by atoms with Crippen molar-refractivity contribution < 1.29 is 27.9 Å². The standard InChI is InChI=1S/C20H24N2O6S/c1-27-17-7-9-18(10-8-17)29(25,26)20(28-19(23)21-24)11-13-22(14-12-20)15-16-5-3-2-4-6-16/h2-10,24H,11-15H2,1H3,(H,21,23). The fourth-order valence-electron chi connectivity index (χ4n) is 3.48. The summed E-state index contributed by atoms with van der Waals surface area (Å²) in [6.45, 7) is 1.51. The molecule has 1 heterocycles.